The Morgan fingerprint density at radius 2 is 2.07 bits per heavy atom. The summed E-state index contributed by atoms with van der Waals surface area (Å²) in [6, 6.07) is 11.3. The average molecular weight is 427 g/mol. The molecule has 3 rings (SSSR count). The number of nitrogens with two attached hydrogens (primary N) is 1. The molecule has 0 bridgehead atoms. The van der Waals surface area contributed by atoms with Crippen molar-refractivity contribution >= 4 is 28.8 Å². The van der Waals surface area contributed by atoms with Crippen LogP contribution in [0.15, 0.2) is 48.8 Å². The lowest BCUT2D eigenvalue weighted by Gasteiger charge is -2.12. The molecule has 1 heterocycles. The molecule has 0 saturated heterocycles. The van der Waals surface area contributed by atoms with E-state index < -0.39 is 0 Å². The van der Waals surface area contributed by atoms with Crippen LogP contribution in [0.2, 0.25) is 5.02 Å². The Bertz CT molecular complexity index is 1080. The fourth-order valence-electron chi connectivity index (χ4n) is 2.53. The van der Waals surface area contributed by atoms with E-state index in [1.807, 2.05) is 0 Å². The lowest BCUT2D eigenvalue weighted by atomic mass is 10.2. The molecule has 0 unspecified atom stereocenters. The maximum Gasteiger partial charge on any atom is 0.158 e. The zero-order valence-corrected chi connectivity index (χ0v) is 16.8. The first-order valence-corrected chi connectivity index (χ1v) is 9.58. The Morgan fingerprint density at radius 1 is 1.20 bits per heavy atom. The number of rotatable bonds is 7. The standard InChI is InChI=1S/C22H20ClFN4O2/c23-18-12-17(8-9-20(18)30-13-15-5-4-6-16(24)11-15)28-22-21(25)19(26-14-27-22)7-2-1-3-10-29/h4-6,8-9,11-12,14,29H,1,3,10,13,25H2,(H,26,27,28). The molecule has 2 aromatic carbocycles. The second-order valence-electron chi connectivity index (χ2n) is 6.30. The van der Waals surface area contributed by atoms with Crippen LogP contribution in [-0.4, -0.2) is 21.7 Å². The van der Waals surface area contributed by atoms with Gasteiger partial charge in [-0.15, -0.1) is 0 Å². The van der Waals surface area contributed by atoms with E-state index in [1.165, 1.54) is 18.5 Å². The van der Waals surface area contributed by atoms with Crippen LogP contribution in [0.25, 0.3) is 0 Å². The third-order valence-corrected chi connectivity index (χ3v) is 4.32. The van der Waals surface area contributed by atoms with Crippen LogP contribution >= 0.6 is 11.6 Å². The first kappa shape index (κ1) is 21.4. The normalized spacial score (nSPS) is 10.2. The third-order valence-electron chi connectivity index (χ3n) is 4.03. The lowest BCUT2D eigenvalue weighted by molar-refractivity contribution is 0.290. The summed E-state index contributed by atoms with van der Waals surface area (Å²) in [4.78, 5) is 8.23. The summed E-state index contributed by atoms with van der Waals surface area (Å²) in [6.45, 7) is 0.283. The van der Waals surface area contributed by atoms with Gasteiger partial charge < -0.3 is 20.9 Å². The van der Waals surface area contributed by atoms with E-state index in [9.17, 15) is 4.39 Å². The van der Waals surface area contributed by atoms with Gasteiger partial charge in [0.2, 0.25) is 0 Å². The fourth-order valence-corrected chi connectivity index (χ4v) is 2.76. The van der Waals surface area contributed by atoms with Gasteiger partial charge in [-0.3, -0.25) is 0 Å². The van der Waals surface area contributed by atoms with Crippen LogP contribution < -0.4 is 15.8 Å². The molecular formula is C22H20ClFN4O2. The van der Waals surface area contributed by atoms with Gasteiger partial charge in [0, 0.05) is 18.7 Å². The molecular weight excluding hydrogens is 407 g/mol. The summed E-state index contributed by atoms with van der Waals surface area (Å²) in [6.07, 6.45) is 2.51. The Labute approximate surface area is 178 Å². The molecule has 1 aromatic heterocycles. The monoisotopic (exact) mass is 426 g/mol. The molecule has 0 aliphatic carbocycles. The number of anilines is 3. The Hall–Kier alpha value is -3.34. The summed E-state index contributed by atoms with van der Waals surface area (Å²) < 4.78 is 18.9. The summed E-state index contributed by atoms with van der Waals surface area (Å²) >= 11 is 6.32. The van der Waals surface area contributed by atoms with E-state index in [2.05, 4.69) is 27.1 Å². The Kier molecular flexibility index (Phi) is 7.44. The zero-order valence-electron chi connectivity index (χ0n) is 16.0. The summed E-state index contributed by atoms with van der Waals surface area (Å²) in [5, 5.41) is 12.3. The lowest BCUT2D eigenvalue weighted by Crippen LogP contribution is -2.03. The Balaban J connectivity index is 1.69. The summed E-state index contributed by atoms with van der Waals surface area (Å²) in [5.74, 6) is 6.35. The van der Waals surface area contributed by atoms with Gasteiger partial charge in [-0.05, 0) is 48.2 Å². The van der Waals surface area contributed by atoms with Gasteiger partial charge in [-0.1, -0.05) is 29.7 Å². The van der Waals surface area contributed by atoms with Crippen molar-refractivity contribution in [2.45, 2.75) is 19.4 Å². The fraction of sp³-hybridized carbons (Fsp3) is 0.182. The highest BCUT2D eigenvalue weighted by Crippen LogP contribution is 2.30. The average Bonchev–Trinajstić information content (AvgIpc) is 2.73. The maximum atomic E-state index is 13.3. The van der Waals surface area contributed by atoms with Crippen LogP contribution in [0.1, 0.15) is 24.1 Å². The number of halogens is 2. The van der Waals surface area contributed by atoms with Gasteiger partial charge >= 0.3 is 0 Å². The van der Waals surface area contributed by atoms with E-state index >= 15 is 0 Å². The number of nitrogens with zero attached hydrogens (tertiary/aromatic N) is 2. The summed E-state index contributed by atoms with van der Waals surface area (Å²) in [5.41, 5.74) is 8.19. The van der Waals surface area contributed by atoms with Crippen molar-refractivity contribution in [2.75, 3.05) is 17.7 Å². The van der Waals surface area contributed by atoms with E-state index in [-0.39, 0.29) is 19.0 Å². The molecule has 0 aliphatic heterocycles. The zero-order chi connectivity index (χ0) is 21.3. The first-order chi connectivity index (χ1) is 14.6. The molecule has 0 aliphatic rings. The van der Waals surface area contributed by atoms with E-state index in [0.717, 1.165) is 0 Å². The molecule has 0 fully saturated rings. The Morgan fingerprint density at radius 3 is 2.83 bits per heavy atom. The molecule has 0 atom stereocenters. The smallest absolute Gasteiger partial charge is 0.158 e. The maximum absolute atomic E-state index is 13.3. The summed E-state index contributed by atoms with van der Waals surface area (Å²) in [7, 11) is 0. The SMILES string of the molecule is Nc1c(C#CCCCO)ncnc1Nc1ccc(OCc2cccc(F)c2)c(Cl)c1. The number of hydrogen-bond donors (Lipinski definition) is 3. The number of benzene rings is 2. The predicted molar refractivity (Wildman–Crippen MR) is 115 cm³/mol. The molecule has 0 spiro atoms. The number of nitrogen functional groups attached to an aromatic ring is 1. The molecule has 30 heavy (non-hydrogen) atoms. The number of aliphatic hydroxyl groups excluding tert-OH is 1. The second-order valence-corrected chi connectivity index (χ2v) is 6.71. The van der Waals surface area contributed by atoms with Gasteiger partial charge in [-0.25, -0.2) is 14.4 Å². The topological polar surface area (TPSA) is 93.3 Å². The minimum Gasteiger partial charge on any atom is -0.487 e. The first-order valence-electron chi connectivity index (χ1n) is 9.21. The number of ether oxygens (including phenoxy) is 1. The van der Waals surface area contributed by atoms with Gasteiger partial charge in [0.15, 0.2) is 5.82 Å². The molecule has 0 amide bonds. The largest absolute Gasteiger partial charge is 0.487 e. The van der Waals surface area contributed by atoms with Gasteiger partial charge in [0.05, 0.1) is 5.02 Å². The van der Waals surface area contributed by atoms with Crippen molar-refractivity contribution in [3.63, 3.8) is 0 Å². The second kappa shape index (κ2) is 10.4. The van der Waals surface area contributed by atoms with Crippen LogP contribution in [0.3, 0.4) is 0 Å². The van der Waals surface area contributed by atoms with Crippen LogP contribution in [-0.2, 0) is 6.61 Å². The van der Waals surface area contributed by atoms with Crippen molar-refractivity contribution in [2.24, 2.45) is 0 Å². The van der Waals surface area contributed by atoms with Crippen molar-refractivity contribution in [1.82, 2.24) is 9.97 Å². The van der Waals surface area contributed by atoms with E-state index in [0.29, 0.717) is 52.1 Å². The number of hydrogen-bond acceptors (Lipinski definition) is 6. The highest BCUT2D eigenvalue weighted by Gasteiger charge is 2.09. The van der Waals surface area contributed by atoms with Crippen LogP contribution in [0, 0.1) is 17.7 Å². The van der Waals surface area contributed by atoms with Gasteiger partial charge in [-0.2, -0.15) is 0 Å². The van der Waals surface area contributed by atoms with E-state index in [1.54, 1.807) is 30.3 Å². The number of nitrogens with one attached hydrogen (secondary N) is 1. The molecule has 154 valence electrons. The van der Waals surface area contributed by atoms with Crippen LogP contribution in [0.4, 0.5) is 21.6 Å². The minimum atomic E-state index is -0.318. The van der Waals surface area contributed by atoms with Crippen molar-refractivity contribution < 1.29 is 14.2 Å². The highest BCUT2D eigenvalue weighted by molar-refractivity contribution is 6.32. The minimum absolute atomic E-state index is 0.0868. The third kappa shape index (κ3) is 5.83. The van der Waals surface area contributed by atoms with Crippen LogP contribution in [0.5, 0.6) is 5.75 Å². The van der Waals surface area contributed by atoms with Gasteiger partial charge in [0.25, 0.3) is 0 Å². The molecule has 4 N–H and O–H groups in total. The number of aromatic nitrogens is 2. The molecule has 0 saturated carbocycles. The van der Waals surface area contributed by atoms with Crippen molar-refractivity contribution in [1.29, 1.82) is 0 Å². The predicted octanol–water partition coefficient (Wildman–Crippen LogP) is 4.30. The molecule has 6 nitrogen and oxygen atoms in total. The van der Waals surface area contributed by atoms with Crippen molar-refractivity contribution in [3.05, 3.63) is 70.9 Å². The quantitative estimate of drug-likeness (QED) is 0.385. The molecule has 0 radical (unpaired) electrons. The molecule has 8 heteroatoms. The van der Waals surface area contributed by atoms with Crippen molar-refractivity contribution in [3.8, 4) is 17.6 Å². The van der Waals surface area contributed by atoms with Gasteiger partial charge in [0.1, 0.15) is 35.9 Å². The molecule has 3 aromatic rings. The highest BCUT2D eigenvalue weighted by atomic mass is 35.5. The number of unbranched alkanes of at least 4 members (excludes halogenated alkanes) is 1. The number of aliphatic hydroxyl groups is 1. The van der Waals surface area contributed by atoms with E-state index in [4.69, 9.17) is 27.2 Å².